The van der Waals surface area contributed by atoms with Crippen molar-refractivity contribution in [2.24, 2.45) is 5.41 Å². The molecule has 0 saturated heterocycles. The highest BCUT2D eigenvalue weighted by molar-refractivity contribution is 8.00. The summed E-state index contributed by atoms with van der Waals surface area (Å²) < 4.78 is 0. The number of anilines is 1. The number of carbonyl (C=O) groups is 2. The molecule has 1 aliphatic heterocycles. The molecule has 0 unspecified atom stereocenters. The van der Waals surface area contributed by atoms with Crippen LogP contribution in [0.4, 0.5) is 5.69 Å². The van der Waals surface area contributed by atoms with Crippen LogP contribution in [0, 0.1) is 5.41 Å². The molecule has 2 rings (SSSR count). The Balaban J connectivity index is 2.03. The molecule has 1 aromatic carbocycles. The highest BCUT2D eigenvalue weighted by Gasteiger charge is 2.20. The van der Waals surface area contributed by atoms with E-state index in [9.17, 15) is 9.59 Å². The SMILES string of the molecule is CC(C)(CCO)CNC(=O)c1ccc2c(c1)NC(=O)CS2. The van der Waals surface area contributed by atoms with E-state index < -0.39 is 0 Å². The molecule has 0 atom stereocenters. The second-order valence-electron chi connectivity index (χ2n) is 5.87. The van der Waals surface area contributed by atoms with Gasteiger partial charge in [0.05, 0.1) is 11.4 Å². The standard InChI is InChI=1S/C15H20N2O3S/c1-15(2,5-6-18)9-16-14(20)10-3-4-12-11(7-10)17-13(19)8-21-12/h3-4,7,18H,5-6,8-9H2,1-2H3,(H,16,20)(H,17,19). The molecule has 5 nitrogen and oxygen atoms in total. The van der Waals surface area contributed by atoms with Crippen molar-refractivity contribution in [3.8, 4) is 0 Å². The molecule has 6 heteroatoms. The molecule has 0 bridgehead atoms. The quantitative estimate of drug-likeness (QED) is 0.776. The zero-order chi connectivity index (χ0) is 15.5. The maximum Gasteiger partial charge on any atom is 0.251 e. The maximum atomic E-state index is 12.2. The largest absolute Gasteiger partial charge is 0.396 e. The number of aliphatic hydroxyl groups is 1. The lowest BCUT2D eigenvalue weighted by Gasteiger charge is -2.24. The van der Waals surface area contributed by atoms with Crippen molar-refractivity contribution in [3.05, 3.63) is 23.8 Å². The van der Waals surface area contributed by atoms with E-state index in [1.807, 2.05) is 19.9 Å². The zero-order valence-electron chi connectivity index (χ0n) is 12.2. The lowest BCUT2D eigenvalue weighted by atomic mass is 9.89. The minimum atomic E-state index is -0.173. The van der Waals surface area contributed by atoms with E-state index in [0.29, 0.717) is 30.0 Å². The third-order valence-electron chi connectivity index (χ3n) is 3.39. The smallest absolute Gasteiger partial charge is 0.251 e. The number of amides is 2. The van der Waals surface area contributed by atoms with Gasteiger partial charge in [0, 0.05) is 23.6 Å². The van der Waals surface area contributed by atoms with Crippen LogP contribution in [0.25, 0.3) is 0 Å². The first-order valence-corrected chi connectivity index (χ1v) is 7.86. The third-order valence-corrected chi connectivity index (χ3v) is 4.46. The van der Waals surface area contributed by atoms with E-state index in [2.05, 4.69) is 10.6 Å². The summed E-state index contributed by atoms with van der Waals surface area (Å²) in [6, 6.07) is 5.32. The molecule has 21 heavy (non-hydrogen) atoms. The van der Waals surface area contributed by atoms with Gasteiger partial charge in [-0.15, -0.1) is 11.8 Å². The summed E-state index contributed by atoms with van der Waals surface area (Å²) in [5.41, 5.74) is 1.07. The fraction of sp³-hybridized carbons (Fsp3) is 0.467. The van der Waals surface area contributed by atoms with Crippen LogP contribution in [-0.4, -0.2) is 35.8 Å². The molecule has 0 spiro atoms. The summed E-state index contributed by atoms with van der Waals surface area (Å²) in [4.78, 5) is 24.5. The number of carbonyl (C=O) groups excluding carboxylic acids is 2. The predicted molar refractivity (Wildman–Crippen MR) is 83.6 cm³/mol. The fourth-order valence-electron chi connectivity index (χ4n) is 2.04. The van der Waals surface area contributed by atoms with Crippen LogP contribution in [-0.2, 0) is 4.79 Å². The molecule has 114 valence electrons. The first kappa shape index (κ1) is 15.9. The van der Waals surface area contributed by atoms with Gasteiger partial charge in [0.1, 0.15) is 0 Å². The van der Waals surface area contributed by atoms with Crippen LogP contribution in [0.2, 0.25) is 0 Å². The van der Waals surface area contributed by atoms with Gasteiger partial charge in [-0.25, -0.2) is 0 Å². The van der Waals surface area contributed by atoms with Crippen LogP contribution in [0.15, 0.2) is 23.1 Å². The minimum Gasteiger partial charge on any atom is -0.396 e. The summed E-state index contributed by atoms with van der Waals surface area (Å²) in [7, 11) is 0. The van der Waals surface area contributed by atoms with Gasteiger partial charge in [0.15, 0.2) is 0 Å². The van der Waals surface area contributed by atoms with Gasteiger partial charge in [-0.1, -0.05) is 13.8 Å². The topological polar surface area (TPSA) is 78.4 Å². The van der Waals surface area contributed by atoms with E-state index >= 15 is 0 Å². The number of thioether (sulfide) groups is 1. The van der Waals surface area contributed by atoms with Gasteiger partial charge in [0.2, 0.25) is 5.91 Å². The number of fused-ring (bicyclic) bond motifs is 1. The molecule has 0 aromatic heterocycles. The molecule has 0 fully saturated rings. The van der Waals surface area contributed by atoms with Crippen LogP contribution >= 0.6 is 11.8 Å². The number of rotatable bonds is 5. The van der Waals surface area contributed by atoms with Crippen LogP contribution in [0.3, 0.4) is 0 Å². The number of hydrogen-bond acceptors (Lipinski definition) is 4. The minimum absolute atomic E-state index is 0.0471. The van der Waals surface area contributed by atoms with Gasteiger partial charge < -0.3 is 15.7 Å². The van der Waals surface area contributed by atoms with Crippen molar-refractivity contribution in [1.82, 2.24) is 5.32 Å². The number of aliphatic hydroxyl groups excluding tert-OH is 1. The van der Waals surface area contributed by atoms with E-state index in [1.165, 1.54) is 11.8 Å². The van der Waals surface area contributed by atoms with Gasteiger partial charge in [0.25, 0.3) is 5.91 Å². The number of hydrogen-bond donors (Lipinski definition) is 3. The van der Waals surface area contributed by atoms with Crippen molar-refractivity contribution < 1.29 is 14.7 Å². The van der Waals surface area contributed by atoms with Crippen LogP contribution < -0.4 is 10.6 Å². The average molecular weight is 308 g/mol. The third kappa shape index (κ3) is 4.22. The van der Waals surface area contributed by atoms with E-state index in [-0.39, 0.29) is 23.8 Å². The lowest BCUT2D eigenvalue weighted by Crippen LogP contribution is -2.34. The van der Waals surface area contributed by atoms with Crippen molar-refractivity contribution in [2.45, 2.75) is 25.2 Å². The average Bonchev–Trinajstić information content (AvgIpc) is 2.44. The van der Waals surface area contributed by atoms with E-state index in [0.717, 1.165) is 4.90 Å². The summed E-state index contributed by atoms with van der Waals surface area (Å²) in [5, 5.41) is 14.6. The van der Waals surface area contributed by atoms with Crippen LogP contribution in [0.1, 0.15) is 30.6 Å². The van der Waals surface area contributed by atoms with E-state index in [1.54, 1.807) is 12.1 Å². The van der Waals surface area contributed by atoms with Gasteiger partial charge >= 0.3 is 0 Å². The Morgan fingerprint density at radius 2 is 2.24 bits per heavy atom. The molecule has 1 heterocycles. The van der Waals surface area contributed by atoms with Crippen molar-refractivity contribution in [1.29, 1.82) is 0 Å². The van der Waals surface area contributed by atoms with E-state index in [4.69, 9.17) is 5.11 Å². The highest BCUT2D eigenvalue weighted by atomic mass is 32.2. The maximum absolute atomic E-state index is 12.2. The monoisotopic (exact) mass is 308 g/mol. The summed E-state index contributed by atoms with van der Waals surface area (Å²) in [5.74, 6) is 0.191. The van der Waals surface area contributed by atoms with Gasteiger partial charge in [-0.3, -0.25) is 9.59 Å². The Kier molecular flexibility index (Phi) is 4.90. The summed E-state index contributed by atoms with van der Waals surface area (Å²) in [6.07, 6.45) is 0.629. The molecular weight excluding hydrogens is 288 g/mol. The van der Waals surface area contributed by atoms with Gasteiger partial charge in [-0.05, 0) is 30.0 Å². The Morgan fingerprint density at radius 1 is 1.48 bits per heavy atom. The Hall–Kier alpha value is -1.53. The number of nitrogens with one attached hydrogen (secondary N) is 2. The second kappa shape index (κ2) is 6.49. The second-order valence-corrected chi connectivity index (χ2v) is 6.89. The molecule has 1 aromatic rings. The molecule has 3 N–H and O–H groups in total. The van der Waals surface area contributed by atoms with Crippen molar-refractivity contribution in [2.75, 3.05) is 24.2 Å². The molecule has 1 aliphatic rings. The lowest BCUT2D eigenvalue weighted by molar-refractivity contribution is -0.113. The molecule has 2 amide bonds. The first-order chi connectivity index (χ1) is 9.91. The predicted octanol–water partition coefficient (Wildman–Crippen LogP) is 1.87. The fourth-order valence-corrected chi connectivity index (χ4v) is 2.83. The molecule has 0 aliphatic carbocycles. The number of benzene rings is 1. The van der Waals surface area contributed by atoms with Gasteiger partial charge in [-0.2, -0.15) is 0 Å². The van der Waals surface area contributed by atoms with Crippen molar-refractivity contribution in [3.63, 3.8) is 0 Å². The molecule has 0 radical (unpaired) electrons. The summed E-state index contributed by atoms with van der Waals surface area (Å²) >= 11 is 1.47. The van der Waals surface area contributed by atoms with Crippen molar-refractivity contribution >= 4 is 29.3 Å². The first-order valence-electron chi connectivity index (χ1n) is 6.87. The Morgan fingerprint density at radius 3 is 2.95 bits per heavy atom. The Bertz CT molecular complexity index is 558. The summed E-state index contributed by atoms with van der Waals surface area (Å²) in [6.45, 7) is 4.58. The zero-order valence-corrected chi connectivity index (χ0v) is 13.0. The molecule has 0 saturated carbocycles. The molecular formula is C15H20N2O3S. The highest BCUT2D eigenvalue weighted by Crippen LogP contribution is 2.32. The normalized spacial score (nSPS) is 14.3. The van der Waals surface area contributed by atoms with Crippen LogP contribution in [0.5, 0.6) is 0 Å². The Labute approximate surface area is 128 Å².